The molecule has 0 saturated carbocycles. The standard InChI is InChI=1S/C12H10ClN3O3S2/c1-7-5-20-12(14-7)21-6-11(17)15-8-2-3-9(13)10(4-8)16(18)19/h2-5H,6H2,1H3,(H,15,17). The molecule has 0 aliphatic carbocycles. The van der Waals surface area contributed by atoms with Crippen LogP contribution in [0.4, 0.5) is 11.4 Å². The van der Waals surface area contributed by atoms with Gasteiger partial charge in [-0.3, -0.25) is 14.9 Å². The van der Waals surface area contributed by atoms with Gasteiger partial charge < -0.3 is 5.32 Å². The summed E-state index contributed by atoms with van der Waals surface area (Å²) < 4.78 is 0.810. The van der Waals surface area contributed by atoms with Gasteiger partial charge in [0.1, 0.15) is 5.02 Å². The van der Waals surface area contributed by atoms with Crippen molar-refractivity contribution in [2.45, 2.75) is 11.3 Å². The van der Waals surface area contributed by atoms with Crippen molar-refractivity contribution in [3.8, 4) is 0 Å². The Bertz CT molecular complexity index is 690. The van der Waals surface area contributed by atoms with Crippen molar-refractivity contribution in [1.82, 2.24) is 4.98 Å². The molecule has 0 fully saturated rings. The number of aryl methyl sites for hydroxylation is 1. The molecule has 110 valence electrons. The monoisotopic (exact) mass is 343 g/mol. The second-order valence-electron chi connectivity index (χ2n) is 4.01. The summed E-state index contributed by atoms with van der Waals surface area (Å²) in [4.78, 5) is 26.2. The van der Waals surface area contributed by atoms with Crippen LogP contribution in [0.15, 0.2) is 27.9 Å². The van der Waals surface area contributed by atoms with Gasteiger partial charge >= 0.3 is 0 Å². The highest BCUT2D eigenvalue weighted by atomic mass is 35.5. The first-order valence-electron chi connectivity index (χ1n) is 5.74. The summed E-state index contributed by atoms with van der Waals surface area (Å²) in [6.07, 6.45) is 0. The van der Waals surface area contributed by atoms with Crippen molar-refractivity contribution in [2.24, 2.45) is 0 Å². The number of nitrogens with zero attached hydrogens (tertiary/aromatic N) is 2. The number of carbonyl (C=O) groups excluding carboxylic acids is 1. The van der Waals surface area contributed by atoms with E-state index in [1.54, 1.807) is 0 Å². The van der Waals surface area contributed by atoms with Crippen LogP contribution in [0.25, 0.3) is 0 Å². The summed E-state index contributed by atoms with van der Waals surface area (Å²) in [5, 5.41) is 15.3. The van der Waals surface area contributed by atoms with E-state index in [9.17, 15) is 14.9 Å². The number of amides is 1. The van der Waals surface area contributed by atoms with E-state index in [1.165, 1.54) is 41.3 Å². The fourth-order valence-electron chi connectivity index (χ4n) is 1.45. The Balaban J connectivity index is 1.96. The lowest BCUT2D eigenvalue weighted by Crippen LogP contribution is -2.14. The quantitative estimate of drug-likeness (QED) is 0.507. The maximum Gasteiger partial charge on any atom is 0.289 e. The summed E-state index contributed by atoms with van der Waals surface area (Å²) in [5.41, 5.74) is 1.01. The predicted octanol–water partition coefficient (Wildman–Crippen LogP) is 3.74. The van der Waals surface area contributed by atoms with Crippen LogP contribution in [-0.4, -0.2) is 21.6 Å². The highest BCUT2D eigenvalue weighted by Crippen LogP contribution is 2.28. The number of nitro benzene ring substituents is 1. The van der Waals surface area contributed by atoms with Gasteiger partial charge in [0.15, 0.2) is 4.34 Å². The van der Waals surface area contributed by atoms with Crippen LogP contribution in [0.1, 0.15) is 5.69 Å². The molecule has 0 unspecified atom stereocenters. The van der Waals surface area contributed by atoms with E-state index in [4.69, 9.17) is 11.6 Å². The first-order chi connectivity index (χ1) is 9.95. The number of hydrogen-bond acceptors (Lipinski definition) is 6. The highest BCUT2D eigenvalue weighted by Gasteiger charge is 2.14. The smallest absolute Gasteiger partial charge is 0.289 e. The van der Waals surface area contributed by atoms with Crippen molar-refractivity contribution in [1.29, 1.82) is 0 Å². The minimum atomic E-state index is -0.592. The average Bonchev–Trinajstić information content (AvgIpc) is 2.84. The van der Waals surface area contributed by atoms with E-state index in [2.05, 4.69) is 10.3 Å². The molecule has 0 radical (unpaired) electrons. The largest absolute Gasteiger partial charge is 0.325 e. The maximum atomic E-state index is 11.8. The van der Waals surface area contributed by atoms with Crippen molar-refractivity contribution < 1.29 is 9.72 Å². The molecule has 6 nitrogen and oxygen atoms in total. The molecule has 0 saturated heterocycles. The molecule has 1 heterocycles. The summed E-state index contributed by atoms with van der Waals surface area (Å²) in [5.74, 6) is -0.0758. The number of rotatable bonds is 5. The van der Waals surface area contributed by atoms with Crippen LogP contribution in [-0.2, 0) is 4.79 Å². The van der Waals surface area contributed by atoms with Crippen LogP contribution in [0.3, 0.4) is 0 Å². The van der Waals surface area contributed by atoms with Crippen molar-refractivity contribution >= 4 is 52.0 Å². The van der Waals surface area contributed by atoms with E-state index in [-0.39, 0.29) is 22.4 Å². The zero-order valence-electron chi connectivity index (χ0n) is 10.8. The van der Waals surface area contributed by atoms with Crippen LogP contribution < -0.4 is 5.32 Å². The SMILES string of the molecule is Cc1csc(SCC(=O)Nc2ccc(Cl)c([N+](=O)[O-])c2)n1. The third kappa shape index (κ3) is 4.42. The number of nitrogens with one attached hydrogen (secondary N) is 1. The number of hydrogen-bond donors (Lipinski definition) is 1. The molecule has 0 spiro atoms. The molecule has 0 aliphatic heterocycles. The lowest BCUT2D eigenvalue weighted by molar-refractivity contribution is -0.384. The fourth-order valence-corrected chi connectivity index (χ4v) is 3.29. The zero-order valence-corrected chi connectivity index (χ0v) is 13.2. The number of carbonyl (C=O) groups is 1. The molecule has 21 heavy (non-hydrogen) atoms. The Labute approximate surface area is 133 Å². The Morgan fingerprint density at radius 3 is 2.95 bits per heavy atom. The zero-order chi connectivity index (χ0) is 15.4. The fraction of sp³-hybridized carbons (Fsp3) is 0.167. The number of aromatic nitrogens is 1. The van der Waals surface area contributed by atoms with Gasteiger partial charge in [0, 0.05) is 22.8 Å². The Morgan fingerprint density at radius 2 is 2.33 bits per heavy atom. The van der Waals surface area contributed by atoms with E-state index in [0.717, 1.165) is 10.0 Å². The van der Waals surface area contributed by atoms with Crippen molar-refractivity contribution in [3.63, 3.8) is 0 Å². The average molecular weight is 344 g/mol. The molecule has 1 amide bonds. The number of thiazole rings is 1. The van der Waals surface area contributed by atoms with Gasteiger partial charge in [-0.25, -0.2) is 4.98 Å². The molecule has 1 N–H and O–H groups in total. The first kappa shape index (κ1) is 15.7. The number of benzene rings is 1. The summed E-state index contributed by atoms with van der Waals surface area (Å²) in [6.45, 7) is 1.88. The molecule has 1 aromatic heterocycles. The molecular weight excluding hydrogens is 334 g/mol. The first-order valence-corrected chi connectivity index (χ1v) is 7.99. The number of halogens is 1. The van der Waals surface area contributed by atoms with Gasteiger partial charge in [-0.1, -0.05) is 23.4 Å². The van der Waals surface area contributed by atoms with E-state index >= 15 is 0 Å². The van der Waals surface area contributed by atoms with Gasteiger partial charge in [-0.2, -0.15) is 0 Å². The predicted molar refractivity (Wildman–Crippen MR) is 84.3 cm³/mol. The number of thioether (sulfide) groups is 1. The van der Waals surface area contributed by atoms with E-state index in [0.29, 0.717) is 5.69 Å². The second kappa shape index (κ2) is 6.88. The van der Waals surface area contributed by atoms with Crippen LogP contribution in [0, 0.1) is 17.0 Å². The summed E-state index contributed by atoms with van der Waals surface area (Å²) in [7, 11) is 0. The minimum Gasteiger partial charge on any atom is -0.325 e. The van der Waals surface area contributed by atoms with Gasteiger partial charge in [-0.05, 0) is 19.1 Å². The van der Waals surface area contributed by atoms with Crippen LogP contribution in [0.5, 0.6) is 0 Å². The van der Waals surface area contributed by atoms with Gasteiger partial charge in [0.05, 0.1) is 10.7 Å². The van der Waals surface area contributed by atoms with Crippen LogP contribution in [0.2, 0.25) is 5.02 Å². The van der Waals surface area contributed by atoms with Crippen molar-refractivity contribution in [3.05, 3.63) is 44.4 Å². The highest BCUT2D eigenvalue weighted by molar-refractivity contribution is 8.01. The Morgan fingerprint density at radius 1 is 1.57 bits per heavy atom. The molecule has 0 aliphatic rings. The van der Waals surface area contributed by atoms with Gasteiger partial charge in [0.2, 0.25) is 5.91 Å². The minimum absolute atomic E-state index is 0.0330. The summed E-state index contributed by atoms with van der Waals surface area (Å²) >= 11 is 8.49. The maximum absolute atomic E-state index is 11.8. The van der Waals surface area contributed by atoms with Gasteiger partial charge in [-0.15, -0.1) is 11.3 Å². The lowest BCUT2D eigenvalue weighted by Gasteiger charge is -2.04. The third-order valence-corrected chi connectivity index (χ3v) is 4.81. The summed E-state index contributed by atoms with van der Waals surface area (Å²) in [6, 6.07) is 4.14. The normalized spacial score (nSPS) is 10.4. The van der Waals surface area contributed by atoms with E-state index < -0.39 is 4.92 Å². The van der Waals surface area contributed by atoms with Crippen molar-refractivity contribution in [2.75, 3.05) is 11.1 Å². The third-order valence-electron chi connectivity index (χ3n) is 2.35. The van der Waals surface area contributed by atoms with Gasteiger partial charge in [0.25, 0.3) is 5.69 Å². The number of anilines is 1. The topological polar surface area (TPSA) is 85.1 Å². The molecule has 0 bridgehead atoms. The molecular formula is C12H10ClN3O3S2. The molecule has 2 aromatic rings. The lowest BCUT2D eigenvalue weighted by atomic mass is 10.3. The van der Waals surface area contributed by atoms with E-state index in [1.807, 2.05) is 12.3 Å². The molecule has 0 atom stereocenters. The van der Waals surface area contributed by atoms with Crippen LogP contribution >= 0.6 is 34.7 Å². The molecule has 9 heteroatoms. The Kier molecular flexibility index (Phi) is 5.16. The molecule has 1 aromatic carbocycles. The Hall–Kier alpha value is -1.64. The molecule has 2 rings (SSSR count). The second-order valence-corrected chi connectivity index (χ2v) is 6.50. The number of nitro groups is 1.